The van der Waals surface area contributed by atoms with Crippen molar-refractivity contribution in [2.24, 2.45) is 0 Å². The number of benzene rings is 2. The minimum absolute atomic E-state index is 0.0481. The quantitative estimate of drug-likeness (QED) is 0.728. The molecule has 0 saturated carbocycles. The summed E-state index contributed by atoms with van der Waals surface area (Å²) in [5, 5.41) is 0. The molecule has 0 bridgehead atoms. The van der Waals surface area contributed by atoms with Crippen LogP contribution in [0.4, 0.5) is 4.39 Å². The lowest BCUT2D eigenvalue weighted by Gasteiger charge is -2.28. The van der Waals surface area contributed by atoms with Gasteiger partial charge in [-0.2, -0.15) is 0 Å². The number of rotatable bonds is 2. The molecule has 2 heteroatoms. The summed E-state index contributed by atoms with van der Waals surface area (Å²) in [6.45, 7) is 0.603. The predicted octanol–water partition coefficient (Wildman–Crippen LogP) is 4.24. The molecular formula is C17H15FO. The number of hydrogen-bond donors (Lipinski definition) is 0. The summed E-state index contributed by atoms with van der Waals surface area (Å²) in [4.78, 5) is 0. The average Bonchev–Trinajstić information content (AvgIpc) is 2.49. The van der Waals surface area contributed by atoms with Gasteiger partial charge in [-0.05, 0) is 23.3 Å². The molecule has 96 valence electrons. The van der Waals surface area contributed by atoms with Crippen LogP contribution in [0.1, 0.15) is 23.1 Å². The van der Waals surface area contributed by atoms with Gasteiger partial charge < -0.3 is 4.74 Å². The topological polar surface area (TPSA) is 9.23 Å². The van der Waals surface area contributed by atoms with E-state index in [2.05, 4.69) is 18.2 Å². The molecule has 0 saturated heterocycles. The van der Waals surface area contributed by atoms with E-state index in [1.807, 2.05) is 24.3 Å². The zero-order chi connectivity index (χ0) is 13.1. The second kappa shape index (κ2) is 5.37. The van der Waals surface area contributed by atoms with E-state index in [9.17, 15) is 4.39 Å². The smallest absolute Gasteiger partial charge is 0.123 e. The summed E-state index contributed by atoms with van der Waals surface area (Å²) in [7, 11) is 0. The van der Waals surface area contributed by atoms with Crippen LogP contribution < -0.4 is 0 Å². The van der Waals surface area contributed by atoms with Gasteiger partial charge in [-0.15, -0.1) is 0 Å². The number of hydrogen-bond acceptors (Lipinski definition) is 1. The first-order chi connectivity index (χ1) is 9.34. The lowest BCUT2D eigenvalue weighted by molar-refractivity contribution is 0.0536. The first-order valence-electron chi connectivity index (χ1n) is 6.43. The molecular weight excluding hydrogens is 239 g/mol. The molecule has 19 heavy (non-hydrogen) atoms. The summed E-state index contributed by atoms with van der Waals surface area (Å²) in [6.07, 6.45) is 4.16. The second-order valence-corrected chi connectivity index (χ2v) is 4.67. The van der Waals surface area contributed by atoms with Crippen LogP contribution in [0.25, 0.3) is 0 Å². The molecule has 2 aromatic rings. The first kappa shape index (κ1) is 12.1. The van der Waals surface area contributed by atoms with Gasteiger partial charge >= 0.3 is 0 Å². The van der Waals surface area contributed by atoms with Crippen LogP contribution >= 0.6 is 0 Å². The van der Waals surface area contributed by atoms with Crippen LogP contribution in [0.15, 0.2) is 66.7 Å². The van der Waals surface area contributed by atoms with Gasteiger partial charge in [-0.25, -0.2) is 4.39 Å². The molecule has 1 aliphatic heterocycles. The summed E-state index contributed by atoms with van der Waals surface area (Å²) in [5.74, 6) is -0.0354. The van der Waals surface area contributed by atoms with Crippen molar-refractivity contribution in [3.8, 4) is 0 Å². The van der Waals surface area contributed by atoms with Crippen molar-refractivity contribution >= 4 is 0 Å². The summed E-state index contributed by atoms with van der Waals surface area (Å²) in [6, 6.07) is 16.8. The maximum atomic E-state index is 13.0. The van der Waals surface area contributed by atoms with Gasteiger partial charge in [0.05, 0.1) is 12.7 Å². The molecule has 0 aliphatic carbocycles. The first-order valence-corrected chi connectivity index (χ1v) is 6.43. The molecule has 3 rings (SSSR count). The van der Waals surface area contributed by atoms with Crippen molar-refractivity contribution in [1.29, 1.82) is 0 Å². The molecule has 0 amide bonds. The third-order valence-corrected chi connectivity index (χ3v) is 3.42. The van der Waals surface area contributed by atoms with Crippen molar-refractivity contribution in [2.45, 2.75) is 12.0 Å². The zero-order valence-electron chi connectivity index (χ0n) is 10.5. The van der Waals surface area contributed by atoms with Gasteiger partial charge in [0.1, 0.15) is 5.82 Å². The largest absolute Gasteiger partial charge is 0.369 e. The van der Waals surface area contributed by atoms with E-state index in [1.54, 1.807) is 12.1 Å². The Labute approximate surface area is 112 Å². The Balaban J connectivity index is 1.95. The minimum Gasteiger partial charge on any atom is -0.369 e. The molecule has 1 heterocycles. The SMILES string of the molecule is Fc1ccc([C@H]2OCC=C[C@@H]2c2ccccc2)cc1. The Hall–Kier alpha value is -1.93. The lowest BCUT2D eigenvalue weighted by Crippen LogP contribution is -2.17. The molecule has 2 atom stereocenters. The Bertz CT molecular complexity index is 560. The Morgan fingerprint density at radius 1 is 0.895 bits per heavy atom. The van der Waals surface area contributed by atoms with Crippen LogP contribution in [0, 0.1) is 5.82 Å². The fraction of sp³-hybridized carbons (Fsp3) is 0.176. The van der Waals surface area contributed by atoms with E-state index in [-0.39, 0.29) is 17.8 Å². The van der Waals surface area contributed by atoms with E-state index < -0.39 is 0 Å². The molecule has 0 fully saturated rings. The van der Waals surface area contributed by atoms with Crippen LogP contribution in [-0.2, 0) is 4.74 Å². The summed E-state index contributed by atoms with van der Waals surface area (Å²) >= 11 is 0. The monoisotopic (exact) mass is 254 g/mol. The predicted molar refractivity (Wildman–Crippen MR) is 73.4 cm³/mol. The highest BCUT2D eigenvalue weighted by Crippen LogP contribution is 2.37. The third-order valence-electron chi connectivity index (χ3n) is 3.42. The number of ether oxygens (including phenoxy) is 1. The van der Waals surface area contributed by atoms with Crippen LogP contribution in [-0.4, -0.2) is 6.61 Å². The molecule has 0 aromatic heterocycles. The molecule has 0 N–H and O–H groups in total. The van der Waals surface area contributed by atoms with E-state index in [0.29, 0.717) is 6.61 Å². The van der Waals surface area contributed by atoms with E-state index in [4.69, 9.17) is 4.74 Å². The molecule has 0 radical (unpaired) electrons. The number of halogens is 1. The van der Waals surface area contributed by atoms with Crippen molar-refractivity contribution in [1.82, 2.24) is 0 Å². The maximum absolute atomic E-state index is 13.0. The summed E-state index contributed by atoms with van der Waals surface area (Å²) < 4.78 is 18.9. The van der Waals surface area contributed by atoms with Crippen molar-refractivity contribution in [2.75, 3.05) is 6.61 Å². The Kier molecular flexibility index (Phi) is 3.43. The normalized spacial score (nSPS) is 22.4. The molecule has 0 spiro atoms. The van der Waals surface area contributed by atoms with Gasteiger partial charge in [0.15, 0.2) is 0 Å². The Morgan fingerprint density at radius 2 is 1.63 bits per heavy atom. The summed E-state index contributed by atoms with van der Waals surface area (Å²) in [5.41, 5.74) is 2.23. The van der Waals surface area contributed by atoms with Gasteiger partial charge in [0.2, 0.25) is 0 Å². The average molecular weight is 254 g/mol. The highest BCUT2D eigenvalue weighted by Gasteiger charge is 2.25. The fourth-order valence-electron chi connectivity index (χ4n) is 2.48. The lowest BCUT2D eigenvalue weighted by atomic mass is 9.87. The Morgan fingerprint density at radius 3 is 2.37 bits per heavy atom. The second-order valence-electron chi connectivity index (χ2n) is 4.67. The van der Waals surface area contributed by atoms with Crippen LogP contribution in [0.3, 0.4) is 0 Å². The zero-order valence-corrected chi connectivity index (χ0v) is 10.5. The molecule has 1 nitrogen and oxygen atoms in total. The highest BCUT2D eigenvalue weighted by atomic mass is 19.1. The van der Waals surface area contributed by atoms with Gasteiger partial charge in [0.25, 0.3) is 0 Å². The van der Waals surface area contributed by atoms with Gasteiger partial charge in [-0.1, -0.05) is 54.6 Å². The van der Waals surface area contributed by atoms with Crippen LogP contribution in [0.2, 0.25) is 0 Å². The van der Waals surface area contributed by atoms with Gasteiger partial charge in [0, 0.05) is 5.92 Å². The highest BCUT2D eigenvalue weighted by molar-refractivity contribution is 5.31. The fourth-order valence-corrected chi connectivity index (χ4v) is 2.48. The standard InChI is InChI=1S/C17H15FO/c18-15-10-8-14(9-11-15)17-16(7-4-12-19-17)13-5-2-1-3-6-13/h1-11,16-17H,12H2/t16-,17-/m1/s1. The van der Waals surface area contributed by atoms with Crippen molar-refractivity contribution < 1.29 is 9.13 Å². The van der Waals surface area contributed by atoms with E-state index >= 15 is 0 Å². The molecule has 0 unspecified atom stereocenters. The van der Waals surface area contributed by atoms with E-state index in [1.165, 1.54) is 17.7 Å². The van der Waals surface area contributed by atoms with E-state index in [0.717, 1.165) is 5.56 Å². The van der Waals surface area contributed by atoms with Crippen molar-refractivity contribution in [3.63, 3.8) is 0 Å². The maximum Gasteiger partial charge on any atom is 0.123 e. The minimum atomic E-state index is -0.216. The van der Waals surface area contributed by atoms with Crippen LogP contribution in [0.5, 0.6) is 0 Å². The molecule has 1 aliphatic rings. The third kappa shape index (κ3) is 2.59. The van der Waals surface area contributed by atoms with Gasteiger partial charge in [-0.3, -0.25) is 0 Å². The molecule has 2 aromatic carbocycles. The van der Waals surface area contributed by atoms with Crippen molar-refractivity contribution in [3.05, 3.63) is 83.7 Å².